The first-order valence-electron chi connectivity index (χ1n) is 7.25. The van der Waals surface area contributed by atoms with E-state index in [1.54, 1.807) is 14.0 Å². The molecule has 9 nitrogen and oxygen atoms in total. The van der Waals surface area contributed by atoms with Crippen LogP contribution in [0, 0.1) is 6.92 Å². The molecule has 130 valence electrons. The highest BCUT2D eigenvalue weighted by Crippen LogP contribution is 2.32. The summed E-state index contributed by atoms with van der Waals surface area (Å²) in [7, 11) is 3.03. The van der Waals surface area contributed by atoms with Crippen molar-refractivity contribution >= 4 is 0 Å². The van der Waals surface area contributed by atoms with Crippen molar-refractivity contribution in [3.8, 4) is 0 Å². The SMILES string of the molecule is COCCO[C@@H]1[C@H](OC)[C@@H](CO)O[C@H]1n1cc(C)c(=O)[nH]c1=O. The number of aryl methyl sites for hydroxylation is 1. The Balaban J connectivity index is 2.35. The number of aliphatic hydroxyl groups is 1. The molecule has 0 spiro atoms. The van der Waals surface area contributed by atoms with Crippen molar-refractivity contribution in [3.63, 3.8) is 0 Å². The molecule has 1 aromatic rings. The number of nitrogens with zero attached hydrogens (tertiary/aromatic N) is 1. The molecule has 9 heteroatoms. The Morgan fingerprint density at radius 3 is 2.65 bits per heavy atom. The van der Waals surface area contributed by atoms with Crippen LogP contribution in [-0.4, -0.2) is 67.0 Å². The Morgan fingerprint density at radius 1 is 1.30 bits per heavy atom. The van der Waals surface area contributed by atoms with E-state index in [0.717, 1.165) is 0 Å². The standard InChI is InChI=1S/C14H22N2O7/c1-8-6-16(14(19)15-12(8)18)13-11(22-5-4-20-2)10(21-3)9(7-17)23-13/h6,9-11,13,17H,4-5,7H2,1-3H3,(H,15,18,19)/t9-,10-,11-,13-/m1/s1. The Bertz CT molecular complexity index is 626. The molecule has 2 heterocycles. The fraction of sp³-hybridized carbons (Fsp3) is 0.714. The minimum Gasteiger partial charge on any atom is -0.394 e. The molecule has 1 aliphatic rings. The largest absolute Gasteiger partial charge is 0.394 e. The Labute approximate surface area is 132 Å². The Kier molecular flexibility index (Phi) is 6.08. The van der Waals surface area contributed by atoms with Crippen LogP contribution < -0.4 is 11.2 Å². The molecule has 1 fully saturated rings. The van der Waals surface area contributed by atoms with Gasteiger partial charge >= 0.3 is 5.69 Å². The molecule has 1 saturated heterocycles. The van der Waals surface area contributed by atoms with Crippen LogP contribution >= 0.6 is 0 Å². The van der Waals surface area contributed by atoms with E-state index in [4.69, 9.17) is 18.9 Å². The lowest BCUT2D eigenvalue weighted by Crippen LogP contribution is -2.41. The van der Waals surface area contributed by atoms with E-state index in [0.29, 0.717) is 12.2 Å². The molecular formula is C14H22N2O7. The quantitative estimate of drug-likeness (QED) is 0.603. The summed E-state index contributed by atoms with van der Waals surface area (Å²) in [5, 5.41) is 9.46. The maximum atomic E-state index is 12.1. The van der Waals surface area contributed by atoms with Gasteiger partial charge in [0.05, 0.1) is 19.8 Å². The van der Waals surface area contributed by atoms with E-state index < -0.39 is 35.8 Å². The van der Waals surface area contributed by atoms with Crippen molar-refractivity contribution in [1.82, 2.24) is 9.55 Å². The number of rotatable bonds is 7. The highest BCUT2D eigenvalue weighted by Gasteiger charge is 2.46. The van der Waals surface area contributed by atoms with Gasteiger partial charge in [0.15, 0.2) is 6.23 Å². The molecule has 0 radical (unpaired) electrons. The number of hydrogen-bond donors (Lipinski definition) is 2. The van der Waals surface area contributed by atoms with Gasteiger partial charge in [-0.05, 0) is 6.92 Å². The number of methoxy groups -OCH3 is 2. The zero-order valence-corrected chi connectivity index (χ0v) is 13.4. The fourth-order valence-corrected chi connectivity index (χ4v) is 2.58. The van der Waals surface area contributed by atoms with E-state index in [1.807, 2.05) is 0 Å². The van der Waals surface area contributed by atoms with Gasteiger partial charge in [-0.25, -0.2) is 4.79 Å². The van der Waals surface area contributed by atoms with Crippen LogP contribution in [0.3, 0.4) is 0 Å². The first-order chi connectivity index (χ1) is 11.0. The lowest BCUT2D eigenvalue weighted by molar-refractivity contribution is -0.0846. The predicted octanol–water partition coefficient (Wildman–Crippen LogP) is -1.22. The molecule has 0 bridgehead atoms. The minimum atomic E-state index is -0.822. The van der Waals surface area contributed by atoms with Crippen LogP contribution in [0.1, 0.15) is 11.8 Å². The fourth-order valence-electron chi connectivity index (χ4n) is 2.58. The van der Waals surface area contributed by atoms with Gasteiger partial charge in [0.1, 0.15) is 18.3 Å². The van der Waals surface area contributed by atoms with E-state index >= 15 is 0 Å². The lowest BCUT2D eigenvalue weighted by Gasteiger charge is -2.24. The maximum absolute atomic E-state index is 12.1. The Morgan fingerprint density at radius 2 is 2.04 bits per heavy atom. The maximum Gasteiger partial charge on any atom is 0.330 e. The molecule has 0 saturated carbocycles. The van der Waals surface area contributed by atoms with E-state index in [-0.39, 0.29) is 13.2 Å². The zero-order chi connectivity index (χ0) is 17.0. The second-order valence-electron chi connectivity index (χ2n) is 5.25. The summed E-state index contributed by atoms with van der Waals surface area (Å²) in [5.74, 6) is 0. The molecule has 4 atom stereocenters. The Hall–Kier alpha value is -1.52. The smallest absolute Gasteiger partial charge is 0.330 e. The van der Waals surface area contributed by atoms with Crippen LogP contribution in [0.15, 0.2) is 15.8 Å². The van der Waals surface area contributed by atoms with E-state index in [1.165, 1.54) is 17.9 Å². The van der Waals surface area contributed by atoms with Crippen LogP contribution in [0.5, 0.6) is 0 Å². The van der Waals surface area contributed by atoms with E-state index in [2.05, 4.69) is 4.98 Å². The van der Waals surface area contributed by atoms with Gasteiger partial charge in [-0.1, -0.05) is 0 Å². The van der Waals surface area contributed by atoms with Crippen LogP contribution in [-0.2, 0) is 18.9 Å². The third-order valence-electron chi connectivity index (χ3n) is 3.76. The third-order valence-corrected chi connectivity index (χ3v) is 3.76. The van der Waals surface area contributed by atoms with Gasteiger partial charge in [0.25, 0.3) is 5.56 Å². The van der Waals surface area contributed by atoms with Gasteiger partial charge in [-0.15, -0.1) is 0 Å². The summed E-state index contributed by atoms with van der Waals surface area (Å²) < 4.78 is 23.0. The number of ether oxygens (including phenoxy) is 4. The average Bonchev–Trinajstić information content (AvgIpc) is 2.88. The molecule has 2 rings (SSSR count). The van der Waals surface area contributed by atoms with Crippen molar-refractivity contribution in [2.75, 3.05) is 34.0 Å². The van der Waals surface area contributed by atoms with Crippen LogP contribution in [0.2, 0.25) is 0 Å². The van der Waals surface area contributed by atoms with Gasteiger partial charge in [-0.3, -0.25) is 14.3 Å². The summed E-state index contributed by atoms with van der Waals surface area (Å²) in [6, 6.07) is 0. The number of H-pyrrole nitrogens is 1. The molecule has 0 aliphatic carbocycles. The highest BCUT2D eigenvalue weighted by molar-refractivity contribution is 5.03. The van der Waals surface area contributed by atoms with Gasteiger partial charge < -0.3 is 24.1 Å². The van der Waals surface area contributed by atoms with Crippen molar-refractivity contribution in [2.45, 2.75) is 31.5 Å². The first-order valence-corrected chi connectivity index (χ1v) is 7.25. The van der Waals surface area contributed by atoms with Crippen molar-refractivity contribution < 1.29 is 24.1 Å². The first kappa shape index (κ1) is 17.8. The third kappa shape index (κ3) is 3.70. The van der Waals surface area contributed by atoms with Crippen LogP contribution in [0.4, 0.5) is 0 Å². The van der Waals surface area contributed by atoms with Crippen molar-refractivity contribution in [1.29, 1.82) is 0 Å². The molecule has 1 aliphatic heterocycles. The molecular weight excluding hydrogens is 308 g/mol. The topological polar surface area (TPSA) is 112 Å². The number of aromatic nitrogens is 2. The molecule has 0 aromatic carbocycles. The summed E-state index contributed by atoms with van der Waals surface area (Å²) in [6.45, 7) is 1.94. The summed E-state index contributed by atoms with van der Waals surface area (Å²) >= 11 is 0. The molecule has 0 unspecified atom stereocenters. The van der Waals surface area contributed by atoms with Crippen molar-refractivity contribution in [2.24, 2.45) is 0 Å². The van der Waals surface area contributed by atoms with Crippen molar-refractivity contribution in [3.05, 3.63) is 32.6 Å². The number of nitrogens with one attached hydrogen (secondary N) is 1. The monoisotopic (exact) mass is 330 g/mol. The molecule has 1 aromatic heterocycles. The second kappa shape index (κ2) is 7.84. The minimum absolute atomic E-state index is 0.274. The molecule has 23 heavy (non-hydrogen) atoms. The lowest BCUT2D eigenvalue weighted by atomic mass is 10.1. The van der Waals surface area contributed by atoms with Crippen LogP contribution in [0.25, 0.3) is 0 Å². The predicted molar refractivity (Wildman–Crippen MR) is 79.5 cm³/mol. The van der Waals surface area contributed by atoms with Gasteiger partial charge in [-0.2, -0.15) is 0 Å². The normalized spacial score (nSPS) is 27.5. The average molecular weight is 330 g/mol. The number of aromatic amines is 1. The second-order valence-corrected chi connectivity index (χ2v) is 5.25. The molecule has 0 amide bonds. The summed E-state index contributed by atoms with van der Waals surface area (Å²) in [4.78, 5) is 25.8. The highest BCUT2D eigenvalue weighted by atomic mass is 16.6. The number of aliphatic hydroxyl groups excluding tert-OH is 1. The number of hydrogen-bond acceptors (Lipinski definition) is 7. The van der Waals surface area contributed by atoms with Gasteiger partial charge in [0.2, 0.25) is 0 Å². The molecule has 2 N–H and O–H groups in total. The zero-order valence-electron chi connectivity index (χ0n) is 13.4. The van der Waals surface area contributed by atoms with E-state index in [9.17, 15) is 14.7 Å². The van der Waals surface area contributed by atoms with Gasteiger partial charge in [0, 0.05) is 26.0 Å². The summed E-state index contributed by atoms with van der Waals surface area (Å²) in [5.41, 5.74) is -0.701. The summed E-state index contributed by atoms with van der Waals surface area (Å²) in [6.07, 6.45) is -1.24.